The smallest absolute Gasteiger partial charge is 0.269 e. The molecule has 0 aliphatic rings. The van der Waals surface area contributed by atoms with Crippen molar-refractivity contribution < 1.29 is 14.4 Å². The van der Waals surface area contributed by atoms with Crippen LogP contribution in [0.15, 0.2) is 72.3 Å². The fourth-order valence-electron chi connectivity index (χ4n) is 3.22. The van der Waals surface area contributed by atoms with Crippen molar-refractivity contribution in [2.24, 2.45) is 7.05 Å². The number of nitrogens with zero attached hydrogens (tertiary/aromatic N) is 2. The van der Waals surface area contributed by atoms with Crippen LogP contribution in [-0.2, 0) is 23.1 Å². The fraction of sp³-hybridized carbons (Fsp3) is 0.130. The SMILES string of the molecule is Cn1ccnc1SCC(=O)Nc1ccc(C(=O)NNC(=O)Cc2c[nH]c3ccccc23)cc1. The zero-order valence-electron chi connectivity index (χ0n) is 17.8. The number of fused-ring (bicyclic) bond motifs is 1. The number of carbonyl (C=O) groups is 3. The first-order valence-electron chi connectivity index (χ1n) is 10.1. The molecule has 0 spiro atoms. The molecule has 2 aromatic carbocycles. The molecular weight excluding hydrogens is 440 g/mol. The summed E-state index contributed by atoms with van der Waals surface area (Å²) in [5.74, 6) is -0.743. The summed E-state index contributed by atoms with van der Waals surface area (Å²) in [4.78, 5) is 44.0. The molecule has 9 nitrogen and oxygen atoms in total. The highest BCUT2D eigenvalue weighted by Gasteiger charge is 2.11. The third kappa shape index (κ3) is 5.60. The maximum Gasteiger partial charge on any atom is 0.269 e. The second kappa shape index (κ2) is 10.0. The lowest BCUT2D eigenvalue weighted by atomic mass is 10.1. The molecule has 4 rings (SSSR count). The van der Waals surface area contributed by atoms with Gasteiger partial charge in [0.15, 0.2) is 5.16 Å². The van der Waals surface area contributed by atoms with Gasteiger partial charge in [0, 0.05) is 47.8 Å². The van der Waals surface area contributed by atoms with E-state index in [0.717, 1.165) is 21.6 Å². The summed E-state index contributed by atoms with van der Waals surface area (Å²) in [5.41, 5.74) is 7.56. The average Bonchev–Trinajstić information content (AvgIpc) is 3.42. The predicted octanol–water partition coefficient (Wildman–Crippen LogP) is 2.64. The van der Waals surface area contributed by atoms with Crippen molar-refractivity contribution in [3.63, 3.8) is 0 Å². The lowest BCUT2D eigenvalue weighted by Gasteiger charge is -2.09. The zero-order valence-corrected chi connectivity index (χ0v) is 18.6. The van der Waals surface area contributed by atoms with Gasteiger partial charge in [0.25, 0.3) is 5.91 Å². The minimum Gasteiger partial charge on any atom is -0.361 e. The van der Waals surface area contributed by atoms with E-state index in [-0.39, 0.29) is 24.0 Å². The van der Waals surface area contributed by atoms with Gasteiger partial charge in [0.05, 0.1) is 12.2 Å². The van der Waals surface area contributed by atoms with Crippen molar-refractivity contribution in [2.75, 3.05) is 11.1 Å². The molecule has 0 radical (unpaired) electrons. The number of aromatic amines is 1. The number of H-pyrrole nitrogens is 1. The molecule has 33 heavy (non-hydrogen) atoms. The van der Waals surface area contributed by atoms with Crippen LogP contribution in [0.4, 0.5) is 5.69 Å². The fourth-order valence-corrected chi connectivity index (χ4v) is 3.95. The number of hydrogen-bond acceptors (Lipinski definition) is 5. The van der Waals surface area contributed by atoms with Crippen molar-refractivity contribution in [3.05, 3.63) is 78.2 Å². The number of thioether (sulfide) groups is 1. The number of aromatic nitrogens is 3. The molecule has 0 aliphatic carbocycles. The van der Waals surface area contributed by atoms with E-state index in [1.165, 1.54) is 11.8 Å². The highest BCUT2D eigenvalue weighted by atomic mass is 32.2. The lowest BCUT2D eigenvalue weighted by Crippen LogP contribution is -2.42. The average molecular weight is 463 g/mol. The largest absolute Gasteiger partial charge is 0.361 e. The van der Waals surface area contributed by atoms with Gasteiger partial charge in [0.2, 0.25) is 11.8 Å². The Morgan fingerprint density at radius 3 is 2.58 bits per heavy atom. The Bertz CT molecular complexity index is 1300. The number of hydrazine groups is 1. The van der Waals surface area contributed by atoms with E-state index in [4.69, 9.17) is 0 Å². The molecule has 3 amide bonds. The Morgan fingerprint density at radius 1 is 1.03 bits per heavy atom. The van der Waals surface area contributed by atoms with Crippen LogP contribution in [0.1, 0.15) is 15.9 Å². The topological polar surface area (TPSA) is 121 Å². The molecule has 4 aromatic rings. The molecular formula is C23H22N6O3S. The van der Waals surface area contributed by atoms with Crippen LogP contribution in [0, 0.1) is 0 Å². The minimum absolute atomic E-state index is 0.131. The minimum atomic E-state index is -0.453. The first kappa shape index (κ1) is 22.2. The number of benzene rings is 2. The Morgan fingerprint density at radius 2 is 1.82 bits per heavy atom. The van der Waals surface area contributed by atoms with E-state index in [9.17, 15) is 14.4 Å². The summed E-state index contributed by atoms with van der Waals surface area (Å²) in [6.45, 7) is 0. The number of imidazole rings is 1. The van der Waals surface area contributed by atoms with Gasteiger partial charge in [-0.3, -0.25) is 25.2 Å². The van der Waals surface area contributed by atoms with Crippen LogP contribution in [0.5, 0.6) is 0 Å². The van der Waals surface area contributed by atoms with Crippen LogP contribution in [0.25, 0.3) is 10.9 Å². The van der Waals surface area contributed by atoms with Gasteiger partial charge in [-0.25, -0.2) is 4.98 Å². The van der Waals surface area contributed by atoms with Crippen molar-refractivity contribution in [2.45, 2.75) is 11.6 Å². The summed E-state index contributed by atoms with van der Waals surface area (Å²) in [6, 6.07) is 14.1. The summed E-state index contributed by atoms with van der Waals surface area (Å²) in [6.07, 6.45) is 5.41. The number of rotatable bonds is 7. The number of aryl methyl sites for hydroxylation is 1. The van der Waals surface area contributed by atoms with Crippen LogP contribution >= 0.6 is 11.8 Å². The van der Waals surface area contributed by atoms with Crippen LogP contribution in [0.3, 0.4) is 0 Å². The molecule has 2 heterocycles. The van der Waals surface area contributed by atoms with Crippen molar-refractivity contribution >= 4 is 46.1 Å². The maximum atomic E-state index is 12.3. The number of carbonyl (C=O) groups excluding carboxylic acids is 3. The third-order valence-electron chi connectivity index (χ3n) is 4.88. The van der Waals surface area contributed by atoms with E-state index < -0.39 is 5.91 Å². The second-order valence-corrected chi connectivity index (χ2v) is 8.22. The van der Waals surface area contributed by atoms with E-state index >= 15 is 0 Å². The monoisotopic (exact) mass is 462 g/mol. The summed E-state index contributed by atoms with van der Waals surface area (Å²) < 4.78 is 1.84. The zero-order chi connectivity index (χ0) is 23.2. The molecule has 0 unspecified atom stereocenters. The van der Waals surface area contributed by atoms with Gasteiger partial charge in [0.1, 0.15) is 0 Å². The predicted molar refractivity (Wildman–Crippen MR) is 127 cm³/mol. The van der Waals surface area contributed by atoms with Crippen LogP contribution < -0.4 is 16.2 Å². The van der Waals surface area contributed by atoms with Crippen molar-refractivity contribution in [3.8, 4) is 0 Å². The highest BCUT2D eigenvalue weighted by Crippen LogP contribution is 2.18. The van der Waals surface area contributed by atoms with Crippen molar-refractivity contribution in [1.29, 1.82) is 0 Å². The van der Waals surface area contributed by atoms with Gasteiger partial charge in [-0.2, -0.15) is 0 Å². The van der Waals surface area contributed by atoms with E-state index in [1.54, 1.807) is 36.7 Å². The molecule has 0 bridgehead atoms. The maximum absolute atomic E-state index is 12.3. The molecule has 10 heteroatoms. The Hall–Kier alpha value is -4.05. The third-order valence-corrected chi connectivity index (χ3v) is 5.94. The van der Waals surface area contributed by atoms with Gasteiger partial charge in [-0.15, -0.1) is 0 Å². The van der Waals surface area contributed by atoms with E-state index in [0.29, 0.717) is 11.3 Å². The Balaban J connectivity index is 1.24. The number of anilines is 1. The lowest BCUT2D eigenvalue weighted by molar-refractivity contribution is -0.121. The second-order valence-electron chi connectivity index (χ2n) is 7.27. The Labute approximate surface area is 193 Å². The van der Waals surface area contributed by atoms with Gasteiger partial charge < -0.3 is 14.9 Å². The molecule has 0 aliphatic heterocycles. The van der Waals surface area contributed by atoms with E-state index in [2.05, 4.69) is 26.1 Å². The summed E-state index contributed by atoms with van der Waals surface area (Å²) >= 11 is 1.33. The van der Waals surface area contributed by atoms with Crippen LogP contribution in [0.2, 0.25) is 0 Å². The molecule has 0 saturated heterocycles. The molecule has 0 fully saturated rings. The van der Waals surface area contributed by atoms with Gasteiger partial charge >= 0.3 is 0 Å². The first-order chi connectivity index (χ1) is 16.0. The highest BCUT2D eigenvalue weighted by molar-refractivity contribution is 7.99. The standard InChI is InChI=1S/C23H22N6O3S/c1-29-11-10-24-23(29)33-14-21(31)26-17-8-6-15(7-9-17)22(32)28-27-20(30)12-16-13-25-19-5-3-2-4-18(16)19/h2-11,13,25H,12,14H2,1H3,(H,26,31)(H,27,30)(H,28,32). The normalized spacial score (nSPS) is 10.7. The van der Waals surface area contributed by atoms with Gasteiger partial charge in [-0.1, -0.05) is 30.0 Å². The quantitative estimate of drug-likeness (QED) is 0.249. The first-order valence-corrected chi connectivity index (χ1v) is 11.1. The number of amides is 3. The number of para-hydroxylation sites is 1. The van der Waals surface area contributed by atoms with Crippen molar-refractivity contribution in [1.82, 2.24) is 25.4 Å². The Kier molecular flexibility index (Phi) is 6.75. The molecule has 4 N–H and O–H groups in total. The van der Waals surface area contributed by atoms with Gasteiger partial charge in [-0.05, 0) is 35.9 Å². The molecule has 168 valence electrons. The summed E-state index contributed by atoms with van der Waals surface area (Å²) in [7, 11) is 1.86. The van der Waals surface area contributed by atoms with Crippen LogP contribution in [-0.4, -0.2) is 38.0 Å². The number of hydrogen-bond donors (Lipinski definition) is 4. The van der Waals surface area contributed by atoms with E-state index in [1.807, 2.05) is 42.1 Å². The summed E-state index contributed by atoms with van der Waals surface area (Å²) in [5, 5.41) is 4.50. The molecule has 2 aromatic heterocycles. The molecule has 0 saturated carbocycles. The number of nitrogens with one attached hydrogen (secondary N) is 4. The molecule has 0 atom stereocenters.